The molecular formula is C37H37BrN6O4. The van der Waals surface area contributed by atoms with Gasteiger partial charge in [-0.25, -0.2) is 10.4 Å². The lowest BCUT2D eigenvalue weighted by Crippen LogP contribution is -2.53. The maximum atomic E-state index is 14.4. The fourth-order valence-corrected chi connectivity index (χ4v) is 5.65. The molecule has 0 spiro atoms. The Morgan fingerprint density at radius 3 is 2.54 bits per heavy atom. The Morgan fingerprint density at radius 1 is 1.04 bits per heavy atom. The van der Waals surface area contributed by atoms with Crippen molar-refractivity contribution in [1.29, 1.82) is 0 Å². The van der Waals surface area contributed by atoms with E-state index in [9.17, 15) is 4.79 Å². The maximum absolute atomic E-state index is 14.4. The number of aliphatic hydroxyl groups is 1. The van der Waals surface area contributed by atoms with E-state index in [1.54, 1.807) is 0 Å². The summed E-state index contributed by atoms with van der Waals surface area (Å²) in [4.78, 5) is 22.4. The molecule has 1 amide bonds. The fourth-order valence-electron chi connectivity index (χ4n) is 5.38. The van der Waals surface area contributed by atoms with Gasteiger partial charge in [0.15, 0.2) is 11.6 Å². The molecule has 3 N–H and O–H groups in total. The zero-order valence-electron chi connectivity index (χ0n) is 26.3. The summed E-state index contributed by atoms with van der Waals surface area (Å²) in [6.07, 6.45) is 4.50. The van der Waals surface area contributed by atoms with E-state index in [4.69, 9.17) is 25.1 Å². The molecule has 246 valence electrons. The Hall–Kier alpha value is -4.93. The number of azide groups is 1. The molecule has 0 bridgehead atoms. The van der Waals surface area contributed by atoms with Crippen LogP contribution in [0, 0.1) is 0 Å². The first-order valence-corrected chi connectivity index (χ1v) is 16.5. The zero-order valence-corrected chi connectivity index (χ0v) is 27.9. The van der Waals surface area contributed by atoms with E-state index in [1.807, 2.05) is 115 Å². The standard InChI is InChI=1S/C37H37BrN6O4/c38-31-17-13-28(14-18-31)21-23-40-43-36(46)37(22-6-10-27-8-2-1-3-9-27)34(33-12-5-4-11-30(33)26-41-44-39)48-35(42-37)29-15-19-32(20-16-29)47-25-7-24-45/h1-6,8-20,34,40,45H,7,21-26H2,(H,43,46)/b10-6+/t34-,37-/m0/s1. The van der Waals surface area contributed by atoms with Gasteiger partial charge in [-0.3, -0.25) is 10.2 Å². The first-order valence-electron chi connectivity index (χ1n) is 15.7. The van der Waals surface area contributed by atoms with Crippen molar-refractivity contribution in [2.24, 2.45) is 10.1 Å². The van der Waals surface area contributed by atoms with E-state index in [-0.39, 0.29) is 25.5 Å². The van der Waals surface area contributed by atoms with Crippen molar-refractivity contribution < 1.29 is 19.4 Å². The Labute approximate surface area is 288 Å². The lowest BCUT2D eigenvalue weighted by Gasteiger charge is -2.31. The van der Waals surface area contributed by atoms with Gasteiger partial charge in [-0.1, -0.05) is 99.9 Å². The zero-order chi connectivity index (χ0) is 33.6. The van der Waals surface area contributed by atoms with Crippen LogP contribution in [0.5, 0.6) is 5.75 Å². The van der Waals surface area contributed by atoms with Gasteiger partial charge in [0.25, 0.3) is 5.91 Å². The highest BCUT2D eigenvalue weighted by Crippen LogP contribution is 2.44. The van der Waals surface area contributed by atoms with Crippen molar-refractivity contribution in [3.63, 3.8) is 0 Å². The van der Waals surface area contributed by atoms with Crippen molar-refractivity contribution in [2.45, 2.75) is 37.5 Å². The maximum Gasteiger partial charge on any atom is 0.266 e. The molecule has 1 aliphatic rings. The minimum absolute atomic E-state index is 0.0488. The monoisotopic (exact) mass is 708 g/mol. The lowest BCUT2D eigenvalue weighted by molar-refractivity contribution is -0.129. The van der Waals surface area contributed by atoms with E-state index >= 15 is 0 Å². The van der Waals surface area contributed by atoms with Gasteiger partial charge in [0.2, 0.25) is 5.90 Å². The predicted octanol–water partition coefficient (Wildman–Crippen LogP) is 7.24. The van der Waals surface area contributed by atoms with Crippen LogP contribution in [0.15, 0.2) is 124 Å². The molecule has 1 aliphatic heterocycles. The number of hydrogen-bond donors (Lipinski definition) is 3. The Balaban J connectivity index is 1.50. The smallest absolute Gasteiger partial charge is 0.266 e. The summed E-state index contributed by atoms with van der Waals surface area (Å²) in [5.74, 6) is 0.587. The highest BCUT2D eigenvalue weighted by atomic mass is 79.9. The molecule has 11 heteroatoms. The average Bonchev–Trinajstić information content (AvgIpc) is 3.51. The van der Waals surface area contributed by atoms with Gasteiger partial charge in [-0.15, -0.1) is 0 Å². The summed E-state index contributed by atoms with van der Waals surface area (Å²) in [6, 6.07) is 32.6. The second-order valence-corrected chi connectivity index (χ2v) is 12.1. The van der Waals surface area contributed by atoms with Gasteiger partial charge in [0, 0.05) is 40.9 Å². The molecule has 0 radical (unpaired) electrons. The van der Waals surface area contributed by atoms with E-state index < -0.39 is 11.6 Å². The topological polar surface area (TPSA) is 141 Å². The number of amides is 1. The summed E-state index contributed by atoms with van der Waals surface area (Å²) >= 11 is 3.47. The molecular weight excluding hydrogens is 672 g/mol. The van der Waals surface area contributed by atoms with Crippen LogP contribution >= 0.6 is 15.9 Å². The summed E-state index contributed by atoms with van der Waals surface area (Å²) in [6.45, 7) is 1.03. The number of nitrogens with zero attached hydrogens (tertiary/aromatic N) is 4. The van der Waals surface area contributed by atoms with Crippen molar-refractivity contribution in [1.82, 2.24) is 10.9 Å². The van der Waals surface area contributed by atoms with Gasteiger partial charge in [-0.2, -0.15) is 0 Å². The van der Waals surface area contributed by atoms with Crippen LogP contribution in [-0.4, -0.2) is 42.2 Å². The number of nitrogens with one attached hydrogen (secondary N) is 2. The molecule has 0 aromatic heterocycles. The van der Waals surface area contributed by atoms with Crippen LogP contribution in [0.3, 0.4) is 0 Å². The molecule has 0 unspecified atom stereocenters. The van der Waals surface area contributed by atoms with E-state index in [1.165, 1.54) is 0 Å². The molecule has 4 aromatic rings. The third-order valence-corrected chi connectivity index (χ3v) is 8.39. The third-order valence-electron chi connectivity index (χ3n) is 7.86. The van der Waals surface area contributed by atoms with E-state index in [0.29, 0.717) is 48.8 Å². The van der Waals surface area contributed by atoms with E-state index in [2.05, 4.69) is 36.8 Å². The van der Waals surface area contributed by atoms with Gasteiger partial charge in [0.1, 0.15) is 5.75 Å². The average molecular weight is 710 g/mol. The highest BCUT2D eigenvalue weighted by molar-refractivity contribution is 9.10. The molecule has 48 heavy (non-hydrogen) atoms. The summed E-state index contributed by atoms with van der Waals surface area (Å²) in [5.41, 5.74) is 17.9. The third kappa shape index (κ3) is 8.90. The molecule has 0 saturated heterocycles. The summed E-state index contributed by atoms with van der Waals surface area (Å²) < 4.78 is 13.3. The van der Waals surface area contributed by atoms with E-state index in [0.717, 1.165) is 21.2 Å². The minimum atomic E-state index is -1.42. The Kier molecular flexibility index (Phi) is 12.4. The van der Waals surface area contributed by atoms with Crippen LogP contribution in [0.1, 0.15) is 46.8 Å². The number of hydrazine groups is 1. The summed E-state index contributed by atoms with van der Waals surface area (Å²) in [7, 11) is 0. The Morgan fingerprint density at radius 2 is 1.79 bits per heavy atom. The van der Waals surface area contributed by atoms with Crippen LogP contribution in [0.4, 0.5) is 0 Å². The second-order valence-electron chi connectivity index (χ2n) is 11.2. The number of carbonyl (C=O) groups is 1. The van der Waals surface area contributed by atoms with Gasteiger partial charge in [-0.05, 0) is 70.6 Å². The fraction of sp³-hybridized carbons (Fsp3) is 0.243. The van der Waals surface area contributed by atoms with Gasteiger partial charge < -0.3 is 14.6 Å². The normalized spacial score (nSPS) is 17.0. The number of aliphatic imine (C=N–C) groups is 1. The van der Waals surface area contributed by atoms with Gasteiger partial charge >= 0.3 is 0 Å². The second kappa shape index (κ2) is 17.3. The van der Waals surface area contributed by atoms with Crippen molar-refractivity contribution >= 4 is 33.8 Å². The molecule has 0 aliphatic carbocycles. The quantitative estimate of drug-likeness (QED) is 0.0370. The number of aliphatic hydroxyl groups excluding tert-OH is 1. The van der Waals surface area contributed by atoms with Crippen LogP contribution < -0.4 is 15.6 Å². The largest absolute Gasteiger partial charge is 0.494 e. The first-order chi connectivity index (χ1) is 23.5. The number of benzene rings is 4. The van der Waals surface area contributed by atoms with Gasteiger partial charge in [0.05, 0.1) is 13.2 Å². The lowest BCUT2D eigenvalue weighted by atomic mass is 9.82. The molecule has 2 atom stereocenters. The van der Waals surface area contributed by atoms with Crippen molar-refractivity contribution in [3.05, 3.63) is 152 Å². The highest BCUT2D eigenvalue weighted by Gasteiger charge is 2.53. The van der Waals surface area contributed by atoms with Crippen LogP contribution in [-0.2, 0) is 22.5 Å². The molecule has 4 aromatic carbocycles. The Bertz CT molecular complexity index is 1760. The molecule has 0 fully saturated rings. The number of rotatable bonds is 16. The molecule has 0 saturated carbocycles. The van der Waals surface area contributed by atoms with Crippen molar-refractivity contribution in [3.8, 4) is 5.75 Å². The van der Waals surface area contributed by atoms with Crippen LogP contribution in [0.2, 0.25) is 0 Å². The summed E-state index contributed by atoms with van der Waals surface area (Å²) in [5, 5.41) is 12.9. The van der Waals surface area contributed by atoms with Crippen molar-refractivity contribution in [2.75, 3.05) is 19.8 Å². The number of halogens is 1. The number of hydrogen-bond acceptors (Lipinski definition) is 7. The predicted molar refractivity (Wildman–Crippen MR) is 190 cm³/mol. The molecule has 1 heterocycles. The van der Waals surface area contributed by atoms with Crippen LogP contribution in [0.25, 0.3) is 16.5 Å². The number of carbonyl (C=O) groups excluding carboxylic acids is 1. The molecule has 5 rings (SSSR count). The molecule has 10 nitrogen and oxygen atoms in total. The first kappa shape index (κ1) is 34.4. The SMILES string of the molecule is [N-]=[N+]=NCc1ccccc1[C@@H]1OC(c2ccc(OCCCO)cc2)=N[C@]1(C/C=C/c1ccccc1)C(=O)NNCCc1ccc(Br)cc1. The number of ether oxygens (including phenoxy) is 2. The minimum Gasteiger partial charge on any atom is -0.494 e.